The van der Waals surface area contributed by atoms with Crippen LogP contribution >= 0.6 is 12.2 Å². The van der Waals surface area contributed by atoms with Crippen molar-refractivity contribution in [3.63, 3.8) is 0 Å². The van der Waals surface area contributed by atoms with Crippen LogP contribution in [0.1, 0.15) is 23.6 Å². The minimum absolute atomic E-state index is 0.103. The Kier molecular flexibility index (Phi) is 6.41. The number of ether oxygens (including phenoxy) is 1. The normalized spacial score (nSPS) is 11.4. The highest BCUT2D eigenvalue weighted by molar-refractivity contribution is 7.80. The van der Waals surface area contributed by atoms with Crippen molar-refractivity contribution < 1.29 is 13.5 Å². The lowest BCUT2D eigenvalue weighted by Gasteiger charge is -2.11. The molecule has 0 saturated carbocycles. The Labute approximate surface area is 150 Å². The predicted molar refractivity (Wildman–Crippen MR) is 101 cm³/mol. The van der Waals surface area contributed by atoms with Crippen LogP contribution < -0.4 is 15.5 Å². The molecule has 0 aliphatic rings. The van der Waals surface area contributed by atoms with Crippen molar-refractivity contribution in [2.75, 3.05) is 5.32 Å². The fourth-order valence-electron chi connectivity index (χ4n) is 2.18. The van der Waals surface area contributed by atoms with Gasteiger partial charge < -0.3 is 10.1 Å². The lowest BCUT2D eigenvalue weighted by Crippen LogP contribution is -2.25. The van der Waals surface area contributed by atoms with Crippen molar-refractivity contribution in [2.24, 2.45) is 5.10 Å². The molecular formula is C18H19F2N3OS. The minimum Gasteiger partial charge on any atom is -0.435 e. The monoisotopic (exact) mass is 363 g/mol. The van der Waals surface area contributed by atoms with E-state index >= 15 is 0 Å². The second kappa shape index (κ2) is 8.53. The third kappa shape index (κ3) is 5.79. The lowest BCUT2D eigenvalue weighted by molar-refractivity contribution is -0.0498. The first-order valence-electron chi connectivity index (χ1n) is 7.59. The number of nitrogens with one attached hydrogen (secondary N) is 2. The van der Waals surface area contributed by atoms with E-state index in [0.29, 0.717) is 10.8 Å². The number of nitrogens with zero attached hydrogens (tertiary/aromatic N) is 1. The van der Waals surface area contributed by atoms with Crippen LogP contribution in [-0.4, -0.2) is 17.4 Å². The van der Waals surface area contributed by atoms with Crippen LogP contribution in [0.4, 0.5) is 14.5 Å². The maximum Gasteiger partial charge on any atom is 0.387 e. The van der Waals surface area contributed by atoms with E-state index in [-0.39, 0.29) is 5.75 Å². The molecule has 4 nitrogen and oxygen atoms in total. The van der Waals surface area contributed by atoms with Crippen LogP contribution in [-0.2, 0) is 0 Å². The number of anilines is 1. The molecule has 0 spiro atoms. The molecule has 0 aliphatic heterocycles. The molecule has 132 valence electrons. The van der Waals surface area contributed by atoms with Gasteiger partial charge in [0.05, 0.1) is 5.71 Å². The SMILES string of the molecule is CC(=NNC(=S)Nc1ccc(C)cc1C)c1ccc(OC(F)F)cc1. The summed E-state index contributed by atoms with van der Waals surface area (Å²) >= 11 is 5.23. The van der Waals surface area contributed by atoms with Crippen molar-refractivity contribution in [3.05, 3.63) is 59.2 Å². The van der Waals surface area contributed by atoms with E-state index in [4.69, 9.17) is 12.2 Å². The van der Waals surface area contributed by atoms with Gasteiger partial charge in [-0.3, -0.25) is 5.43 Å². The van der Waals surface area contributed by atoms with Crippen molar-refractivity contribution >= 4 is 28.7 Å². The molecule has 0 aromatic heterocycles. The quantitative estimate of drug-likeness (QED) is 0.462. The largest absolute Gasteiger partial charge is 0.435 e. The van der Waals surface area contributed by atoms with Gasteiger partial charge in [-0.15, -0.1) is 0 Å². The third-order valence-electron chi connectivity index (χ3n) is 3.45. The highest BCUT2D eigenvalue weighted by Gasteiger charge is 2.05. The molecule has 0 amide bonds. The highest BCUT2D eigenvalue weighted by atomic mass is 32.1. The maximum atomic E-state index is 12.1. The number of hydrazone groups is 1. The minimum atomic E-state index is -2.84. The van der Waals surface area contributed by atoms with E-state index in [0.717, 1.165) is 16.8 Å². The first-order chi connectivity index (χ1) is 11.8. The summed E-state index contributed by atoms with van der Waals surface area (Å²) in [5.74, 6) is 0.103. The molecule has 0 saturated heterocycles. The second-order valence-electron chi connectivity index (χ2n) is 5.48. The second-order valence-corrected chi connectivity index (χ2v) is 5.89. The van der Waals surface area contributed by atoms with Crippen LogP contribution in [0.3, 0.4) is 0 Å². The Bertz CT molecular complexity index is 776. The van der Waals surface area contributed by atoms with E-state index in [1.807, 2.05) is 26.0 Å². The predicted octanol–water partition coefficient (Wildman–Crippen LogP) is 4.62. The van der Waals surface area contributed by atoms with Crippen molar-refractivity contribution in [2.45, 2.75) is 27.4 Å². The molecule has 2 rings (SSSR count). The standard InChI is InChI=1S/C18H19F2N3OS/c1-11-4-9-16(12(2)10-11)21-18(25)23-22-13(3)14-5-7-15(8-6-14)24-17(19)20/h4-10,17H,1-3H3,(H2,21,23,25). The zero-order valence-electron chi connectivity index (χ0n) is 14.1. The van der Waals surface area contributed by atoms with E-state index in [9.17, 15) is 8.78 Å². The zero-order valence-corrected chi connectivity index (χ0v) is 15.0. The summed E-state index contributed by atoms with van der Waals surface area (Å²) in [6.07, 6.45) is 0. The lowest BCUT2D eigenvalue weighted by atomic mass is 10.1. The van der Waals surface area contributed by atoms with Gasteiger partial charge in [-0.1, -0.05) is 17.7 Å². The summed E-state index contributed by atoms with van der Waals surface area (Å²) in [6, 6.07) is 12.2. The van der Waals surface area contributed by atoms with Gasteiger partial charge in [0.25, 0.3) is 0 Å². The summed E-state index contributed by atoms with van der Waals surface area (Å²) in [6.45, 7) is 2.97. The first kappa shape index (κ1) is 18.8. The molecule has 0 heterocycles. The van der Waals surface area contributed by atoms with Crippen LogP contribution in [0.15, 0.2) is 47.6 Å². The van der Waals surface area contributed by atoms with E-state index in [1.54, 1.807) is 19.1 Å². The molecule has 2 aromatic carbocycles. The highest BCUT2D eigenvalue weighted by Crippen LogP contribution is 2.16. The Morgan fingerprint density at radius 2 is 1.80 bits per heavy atom. The fraction of sp³-hybridized carbons (Fsp3) is 0.222. The molecule has 7 heteroatoms. The Morgan fingerprint density at radius 3 is 2.40 bits per heavy atom. The summed E-state index contributed by atoms with van der Waals surface area (Å²) in [4.78, 5) is 0. The van der Waals surface area contributed by atoms with Crippen molar-refractivity contribution in [3.8, 4) is 5.75 Å². The van der Waals surface area contributed by atoms with Crippen LogP contribution in [0.25, 0.3) is 0 Å². The van der Waals surface area contributed by atoms with Crippen molar-refractivity contribution in [1.29, 1.82) is 0 Å². The molecule has 0 bridgehead atoms. The third-order valence-corrected chi connectivity index (χ3v) is 3.65. The number of rotatable bonds is 5. The zero-order chi connectivity index (χ0) is 18.4. The molecule has 0 fully saturated rings. The average molecular weight is 363 g/mol. The molecule has 0 atom stereocenters. The maximum absolute atomic E-state index is 12.1. The summed E-state index contributed by atoms with van der Waals surface area (Å²) < 4.78 is 28.6. The van der Waals surface area contributed by atoms with Crippen LogP contribution in [0.2, 0.25) is 0 Å². The summed E-state index contributed by atoms with van der Waals surface area (Å²) in [7, 11) is 0. The summed E-state index contributed by atoms with van der Waals surface area (Å²) in [5.41, 5.74) is 7.37. The molecule has 0 aliphatic carbocycles. The van der Waals surface area contributed by atoms with Gasteiger partial charge in [-0.05, 0) is 74.4 Å². The van der Waals surface area contributed by atoms with Gasteiger partial charge >= 0.3 is 6.61 Å². The topological polar surface area (TPSA) is 45.7 Å². The van der Waals surface area contributed by atoms with Crippen molar-refractivity contribution in [1.82, 2.24) is 5.43 Å². The average Bonchev–Trinajstić information content (AvgIpc) is 2.55. The van der Waals surface area contributed by atoms with Gasteiger partial charge in [-0.25, -0.2) is 0 Å². The summed E-state index contributed by atoms with van der Waals surface area (Å²) in [5, 5.41) is 7.65. The number of halogens is 2. The molecule has 25 heavy (non-hydrogen) atoms. The Hall–Kier alpha value is -2.54. The number of aryl methyl sites for hydroxylation is 2. The van der Waals surface area contributed by atoms with Gasteiger partial charge in [0.15, 0.2) is 5.11 Å². The van der Waals surface area contributed by atoms with Gasteiger partial charge in [-0.2, -0.15) is 13.9 Å². The van der Waals surface area contributed by atoms with E-state index in [1.165, 1.54) is 17.7 Å². The number of alkyl halides is 2. The first-order valence-corrected chi connectivity index (χ1v) is 8.00. The molecule has 0 radical (unpaired) electrons. The van der Waals surface area contributed by atoms with Gasteiger partial charge in [0.1, 0.15) is 5.75 Å². The van der Waals surface area contributed by atoms with E-state index in [2.05, 4.69) is 26.6 Å². The molecule has 2 N–H and O–H groups in total. The number of hydrogen-bond acceptors (Lipinski definition) is 3. The van der Waals surface area contributed by atoms with Crippen LogP contribution in [0, 0.1) is 13.8 Å². The number of benzene rings is 2. The van der Waals surface area contributed by atoms with Crippen LogP contribution in [0.5, 0.6) is 5.75 Å². The smallest absolute Gasteiger partial charge is 0.387 e. The van der Waals surface area contributed by atoms with Gasteiger partial charge in [0, 0.05) is 5.69 Å². The Balaban J connectivity index is 1.96. The molecule has 0 unspecified atom stereocenters. The van der Waals surface area contributed by atoms with Gasteiger partial charge in [0.2, 0.25) is 0 Å². The molecular weight excluding hydrogens is 344 g/mol. The molecule has 2 aromatic rings. The number of thiocarbonyl (C=S) groups is 1. The Morgan fingerprint density at radius 1 is 1.12 bits per heavy atom. The fourth-order valence-corrected chi connectivity index (χ4v) is 2.34. The number of hydrogen-bond donors (Lipinski definition) is 2. The van der Waals surface area contributed by atoms with E-state index < -0.39 is 6.61 Å².